The van der Waals surface area contributed by atoms with E-state index in [1.54, 1.807) is 6.33 Å². The number of aromatic nitrogens is 2. The van der Waals surface area contributed by atoms with Crippen molar-refractivity contribution in [2.24, 2.45) is 5.92 Å². The molecule has 2 atom stereocenters. The van der Waals surface area contributed by atoms with Gasteiger partial charge in [-0.1, -0.05) is 0 Å². The maximum absolute atomic E-state index is 10.3. The van der Waals surface area contributed by atoms with Gasteiger partial charge in [0.25, 0.3) is 0 Å². The van der Waals surface area contributed by atoms with Gasteiger partial charge in [-0.05, 0) is 51.1 Å². The largest absolute Gasteiger partial charge is 0.390 e. The van der Waals surface area contributed by atoms with Crippen molar-refractivity contribution in [3.8, 4) is 6.07 Å². The molecule has 2 rings (SSSR count). The Morgan fingerprint density at radius 3 is 2.68 bits per heavy atom. The van der Waals surface area contributed by atoms with Gasteiger partial charge in [0.05, 0.1) is 42.0 Å². The number of hydrogen-bond donors (Lipinski definition) is 1. The number of aryl methyl sites for hydroxylation is 2. The zero-order valence-corrected chi connectivity index (χ0v) is 13.7. The van der Waals surface area contributed by atoms with Crippen LogP contribution in [0, 0.1) is 31.1 Å². The Morgan fingerprint density at radius 1 is 1.32 bits per heavy atom. The third-order valence-corrected chi connectivity index (χ3v) is 3.97. The van der Waals surface area contributed by atoms with Gasteiger partial charge in [0.1, 0.15) is 0 Å². The van der Waals surface area contributed by atoms with Crippen molar-refractivity contribution < 1.29 is 5.11 Å². The van der Waals surface area contributed by atoms with Crippen molar-refractivity contribution in [3.05, 3.63) is 29.6 Å². The van der Waals surface area contributed by atoms with Crippen LogP contribution in [0.1, 0.15) is 18.1 Å². The number of nitrogens with zero attached hydrogens (tertiary/aromatic N) is 4. The summed E-state index contributed by atoms with van der Waals surface area (Å²) in [5.41, 5.74) is 4.46. The summed E-state index contributed by atoms with van der Waals surface area (Å²) in [4.78, 5) is 6.40. The predicted molar refractivity (Wildman–Crippen MR) is 87.5 cm³/mol. The van der Waals surface area contributed by atoms with Gasteiger partial charge >= 0.3 is 0 Å². The fraction of sp³-hybridized carbons (Fsp3) is 0.529. The summed E-state index contributed by atoms with van der Waals surface area (Å²) in [7, 11) is 1.93. The number of fused-ring (bicyclic) bond motifs is 1. The van der Waals surface area contributed by atoms with E-state index < -0.39 is 6.10 Å². The average Bonchev–Trinajstić information content (AvgIpc) is 2.81. The highest BCUT2D eigenvalue weighted by molar-refractivity contribution is 5.77. The van der Waals surface area contributed by atoms with E-state index in [2.05, 4.69) is 37.0 Å². The van der Waals surface area contributed by atoms with Crippen LogP contribution in [0.25, 0.3) is 11.0 Å². The third-order valence-electron chi connectivity index (χ3n) is 3.97. The number of benzene rings is 1. The number of aliphatic hydroxyl groups is 1. The van der Waals surface area contributed by atoms with Crippen molar-refractivity contribution in [1.82, 2.24) is 14.5 Å². The number of aliphatic hydroxyl groups excluding tert-OH is 1. The first-order valence-electron chi connectivity index (χ1n) is 7.59. The van der Waals surface area contributed by atoms with Gasteiger partial charge in [0.2, 0.25) is 0 Å². The van der Waals surface area contributed by atoms with Gasteiger partial charge in [-0.15, -0.1) is 0 Å². The topological polar surface area (TPSA) is 65.1 Å². The van der Waals surface area contributed by atoms with Crippen LogP contribution in [-0.2, 0) is 6.54 Å². The molecule has 1 heterocycles. The highest BCUT2D eigenvalue weighted by Crippen LogP contribution is 2.18. The minimum Gasteiger partial charge on any atom is -0.390 e. The Bertz CT molecular complexity index is 686. The summed E-state index contributed by atoms with van der Waals surface area (Å²) >= 11 is 0. The molecule has 0 fully saturated rings. The smallest absolute Gasteiger partial charge is 0.0959 e. The second-order valence-electron chi connectivity index (χ2n) is 6.23. The van der Waals surface area contributed by atoms with Crippen molar-refractivity contribution in [2.75, 3.05) is 20.1 Å². The Kier molecular flexibility index (Phi) is 5.17. The first-order chi connectivity index (χ1) is 10.4. The molecular weight excluding hydrogens is 276 g/mol. The molecule has 0 aliphatic heterocycles. The normalized spacial score (nSPS) is 14.2. The molecule has 0 radical (unpaired) electrons. The van der Waals surface area contributed by atoms with Crippen LogP contribution < -0.4 is 0 Å². The summed E-state index contributed by atoms with van der Waals surface area (Å²) in [5.74, 6) is -0.0306. The summed E-state index contributed by atoms with van der Waals surface area (Å²) in [6.45, 7) is 7.75. The first kappa shape index (κ1) is 16.5. The van der Waals surface area contributed by atoms with Gasteiger partial charge in [-0.3, -0.25) is 0 Å². The quantitative estimate of drug-likeness (QED) is 0.887. The molecule has 1 aromatic heterocycles. The Labute approximate surface area is 131 Å². The SMILES string of the molecule is Cc1cc2ncn(C[C@H](O)CN(C)C[C@H](C)C#N)c2cc1C. The minimum atomic E-state index is -0.491. The van der Waals surface area contributed by atoms with E-state index in [4.69, 9.17) is 5.26 Å². The summed E-state index contributed by atoms with van der Waals surface area (Å²) in [6.07, 6.45) is 1.29. The summed E-state index contributed by atoms with van der Waals surface area (Å²) in [5, 5.41) is 19.1. The molecule has 1 aromatic carbocycles. The molecule has 0 amide bonds. The van der Waals surface area contributed by atoms with Gasteiger partial charge in [-0.25, -0.2) is 4.98 Å². The molecule has 5 heteroatoms. The molecule has 1 N–H and O–H groups in total. The van der Waals surface area contributed by atoms with E-state index in [0.29, 0.717) is 19.6 Å². The lowest BCUT2D eigenvalue weighted by atomic mass is 10.1. The Hall–Kier alpha value is -1.90. The number of hydrogen-bond acceptors (Lipinski definition) is 4. The Balaban J connectivity index is 2.04. The molecule has 0 saturated heterocycles. The average molecular weight is 300 g/mol. The van der Waals surface area contributed by atoms with E-state index in [-0.39, 0.29) is 5.92 Å². The lowest BCUT2D eigenvalue weighted by Gasteiger charge is -2.21. The molecule has 0 aliphatic carbocycles. The molecule has 0 spiro atoms. The van der Waals surface area contributed by atoms with E-state index in [9.17, 15) is 5.11 Å². The second kappa shape index (κ2) is 6.91. The molecule has 2 aromatic rings. The minimum absolute atomic E-state index is 0.0306. The van der Waals surface area contributed by atoms with Gasteiger partial charge in [0.15, 0.2) is 0 Å². The molecule has 0 bridgehead atoms. The second-order valence-corrected chi connectivity index (χ2v) is 6.23. The van der Waals surface area contributed by atoms with E-state index in [1.807, 2.05) is 23.4 Å². The lowest BCUT2D eigenvalue weighted by molar-refractivity contribution is 0.108. The zero-order chi connectivity index (χ0) is 16.3. The number of likely N-dealkylation sites (N-methyl/N-ethyl adjacent to an activating group) is 1. The zero-order valence-electron chi connectivity index (χ0n) is 13.7. The first-order valence-corrected chi connectivity index (χ1v) is 7.59. The van der Waals surface area contributed by atoms with Crippen molar-refractivity contribution in [2.45, 2.75) is 33.4 Å². The maximum atomic E-state index is 10.3. The van der Waals surface area contributed by atoms with Crippen LogP contribution in [0.15, 0.2) is 18.5 Å². The van der Waals surface area contributed by atoms with Gasteiger partial charge < -0.3 is 14.6 Å². The lowest BCUT2D eigenvalue weighted by Crippen LogP contribution is -2.34. The third kappa shape index (κ3) is 3.85. The van der Waals surface area contributed by atoms with E-state index in [1.165, 1.54) is 11.1 Å². The molecule has 5 nitrogen and oxygen atoms in total. The van der Waals surface area contributed by atoms with Crippen molar-refractivity contribution in [1.29, 1.82) is 5.26 Å². The standard InChI is InChI=1S/C17H24N4O/c1-12(7-18)8-20(4)9-15(22)10-21-11-19-16-5-13(2)14(3)6-17(16)21/h5-6,11-12,15,22H,8-10H2,1-4H3/t12-,15-/m1/s1. The molecular formula is C17H24N4O. The van der Waals surface area contributed by atoms with Crippen LogP contribution in [0.4, 0.5) is 0 Å². The highest BCUT2D eigenvalue weighted by atomic mass is 16.3. The Morgan fingerprint density at radius 2 is 2.00 bits per heavy atom. The number of rotatable bonds is 6. The fourth-order valence-corrected chi connectivity index (χ4v) is 2.69. The van der Waals surface area contributed by atoms with Crippen molar-refractivity contribution in [3.63, 3.8) is 0 Å². The molecule has 0 unspecified atom stereocenters. The molecule has 0 aliphatic rings. The number of nitriles is 1. The van der Waals surface area contributed by atoms with Crippen LogP contribution >= 0.6 is 0 Å². The molecule has 118 valence electrons. The van der Waals surface area contributed by atoms with Gasteiger partial charge in [0, 0.05) is 13.1 Å². The fourth-order valence-electron chi connectivity index (χ4n) is 2.69. The van der Waals surface area contributed by atoms with Crippen LogP contribution in [0.2, 0.25) is 0 Å². The van der Waals surface area contributed by atoms with Gasteiger partial charge in [-0.2, -0.15) is 5.26 Å². The predicted octanol–water partition coefficient (Wildman–Crippen LogP) is 2.11. The highest BCUT2D eigenvalue weighted by Gasteiger charge is 2.13. The molecule has 22 heavy (non-hydrogen) atoms. The van der Waals surface area contributed by atoms with Crippen LogP contribution in [0.5, 0.6) is 0 Å². The van der Waals surface area contributed by atoms with E-state index in [0.717, 1.165) is 11.0 Å². The monoisotopic (exact) mass is 300 g/mol. The summed E-state index contributed by atoms with van der Waals surface area (Å²) < 4.78 is 1.99. The van der Waals surface area contributed by atoms with Crippen molar-refractivity contribution >= 4 is 11.0 Å². The summed E-state index contributed by atoms with van der Waals surface area (Å²) in [6, 6.07) is 6.41. The molecule has 0 saturated carbocycles. The van der Waals surface area contributed by atoms with Crippen LogP contribution in [-0.4, -0.2) is 45.8 Å². The number of imidazole rings is 1. The van der Waals surface area contributed by atoms with Crippen LogP contribution in [0.3, 0.4) is 0 Å². The maximum Gasteiger partial charge on any atom is 0.0959 e. The van der Waals surface area contributed by atoms with E-state index >= 15 is 0 Å².